The molecule has 3 heterocycles. The van der Waals surface area contributed by atoms with Gasteiger partial charge in [-0.15, -0.1) is 12.4 Å². The molecule has 20 heavy (non-hydrogen) atoms. The maximum atomic E-state index is 4.79. The van der Waals surface area contributed by atoms with Gasteiger partial charge in [0, 0.05) is 26.2 Å². The van der Waals surface area contributed by atoms with Crippen LogP contribution in [-0.4, -0.2) is 47.2 Å². The highest BCUT2D eigenvalue weighted by atomic mass is 35.5. The molecule has 0 spiro atoms. The zero-order valence-electron chi connectivity index (χ0n) is 11.7. The van der Waals surface area contributed by atoms with E-state index < -0.39 is 0 Å². The summed E-state index contributed by atoms with van der Waals surface area (Å²) >= 11 is 0. The number of fused-ring (bicyclic) bond motifs is 3. The van der Waals surface area contributed by atoms with Crippen LogP contribution in [0.5, 0.6) is 0 Å². The normalized spacial score (nSPS) is 18.5. The van der Waals surface area contributed by atoms with Crippen LogP contribution in [0.15, 0.2) is 24.3 Å². The molecule has 1 aromatic heterocycles. The minimum absolute atomic E-state index is 0. The number of aromatic nitrogens is 2. The molecule has 4 rings (SSSR count). The second-order valence-corrected chi connectivity index (χ2v) is 5.59. The van der Waals surface area contributed by atoms with Crippen molar-refractivity contribution in [3.05, 3.63) is 24.3 Å². The monoisotopic (exact) mass is 292 g/mol. The van der Waals surface area contributed by atoms with Crippen LogP contribution in [0.1, 0.15) is 12.8 Å². The summed E-state index contributed by atoms with van der Waals surface area (Å²) in [4.78, 5) is 9.81. The Hall–Kier alpha value is -1.26. The number of imidazole rings is 1. The van der Waals surface area contributed by atoms with E-state index in [1.54, 1.807) is 0 Å². The zero-order valence-corrected chi connectivity index (χ0v) is 12.5. The third-order valence-electron chi connectivity index (χ3n) is 4.40. The number of nitrogens with zero attached hydrogens (tertiary/aromatic N) is 4. The van der Waals surface area contributed by atoms with Gasteiger partial charge in [0.25, 0.3) is 0 Å². The molecule has 0 N–H and O–H groups in total. The van der Waals surface area contributed by atoms with Crippen molar-refractivity contribution in [3.8, 4) is 0 Å². The molecule has 0 unspecified atom stereocenters. The van der Waals surface area contributed by atoms with Crippen molar-refractivity contribution in [1.29, 1.82) is 0 Å². The molecule has 1 fully saturated rings. The predicted molar refractivity (Wildman–Crippen MR) is 84.9 cm³/mol. The van der Waals surface area contributed by atoms with Gasteiger partial charge >= 0.3 is 0 Å². The van der Waals surface area contributed by atoms with E-state index in [-0.39, 0.29) is 12.4 Å². The summed E-state index contributed by atoms with van der Waals surface area (Å²) in [6, 6.07) is 8.46. The van der Waals surface area contributed by atoms with Gasteiger partial charge in [0.05, 0.1) is 11.0 Å². The molecule has 2 aromatic rings. The Balaban J connectivity index is 0.00000121. The maximum absolute atomic E-state index is 4.79. The van der Waals surface area contributed by atoms with E-state index in [0.717, 1.165) is 25.2 Å². The molecule has 0 atom stereocenters. The van der Waals surface area contributed by atoms with Crippen molar-refractivity contribution in [1.82, 2.24) is 14.5 Å². The van der Waals surface area contributed by atoms with E-state index in [1.165, 1.54) is 43.9 Å². The summed E-state index contributed by atoms with van der Waals surface area (Å²) in [7, 11) is 0. The van der Waals surface area contributed by atoms with E-state index in [1.807, 2.05) is 0 Å². The maximum Gasteiger partial charge on any atom is 0.206 e. The number of halogens is 1. The Morgan fingerprint density at radius 2 is 1.75 bits per heavy atom. The van der Waals surface area contributed by atoms with Gasteiger partial charge in [-0.3, -0.25) is 0 Å². The quantitative estimate of drug-likeness (QED) is 0.868. The minimum Gasteiger partial charge on any atom is -0.339 e. The molecular formula is C15H21ClN4. The van der Waals surface area contributed by atoms with Gasteiger partial charge in [-0.25, -0.2) is 4.98 Å². The molecule has 0 aliphatic carbocycles. The van der Waals surface area contributed by atoms with Gasteiger partial charge in [-0.05, 0) is 38.1 Å². The highest BCUT2D eigenvalue weighted by Crippen LogP contribution is 2.26. The fourth-order valence-electron chi connectivity index (χ4n) is 3.33. The Kier molecular flexibility index (Phi) is 3.85. The molecule has 0 amide bonds. The summed E-state index contributed by atoms with van der Waals surface area (Å²) in [5.74, 6) is 1.17. The number of anilines is 1. The van der Waals surface area contributed by atoms with E-state index in [4.69, 9.17) is 4.98 Å². The van der Waals surface area contributed by atoms with Gasteiger partial charge < -0.3 is 14.4 Å². The highest BCUT2D eigenvalue weighted by Gasteiger charge is 2.23. The molecule has 0 saturated carbocycles. The van der Waals surface area contributed by atoms with Crippen molar-refractivity contribution < 1.29 is 0 Å². The second-order valence-electron chi connectivity index (χ2n) is 5.59. The van der Waals surface area contributed by atoms with E-state index in [0.29, 0.717) is 0 Å². The molecule has 0 radical (unpaired) electrons. The van der Waals surface area contributed by atoms with E-state index >= 15 is 0 Å². The van der Waals surface area contributed by atoms with Crippen molar-refractivity contribution in [3.63, 3.8) is 0 Å². The molecule has 0 bridgehead atoms. The number of likely N-dealkylation sites (tertiary alicyclic amines) is 1. The molecule has 4 nitrogen and oxygen atoms in total. The molecule has 1 saturated heterocycles. The van der Waals surface area contributed by atoms with Crippen LogP contribution < -0.4 is 4.90 Å². The molecular weight excluding hydrogens is 272 g/mol. The molecule has 2 aliphatic heterocycles. The topological polar surface area (TPSA) is 24.3 Å². The number of hydrogen-bond acceptors (Lipinski definition) is 3. The van der Waals surface area contributed by atoms with Crippen LogP contribution in [-0.2, 0) is 6.54 Å². The first-order chi connectivity index (χ1) is 9.42. The number of hydrogen-bond donors (Lipinski definition) is 0. The SMILES string of the molecule is Cl.c1ccc2c(c1)nc1n2CCN1CCN1CCCC1. The first-order valence-corrected chi connectivity index (χ1v) is 7.34. The van der Waals surface area contributed by atoms with Gasteiger partial charge in [-0.1, -0.05) is 12.1 Å². The van der Waals surface area contributed by atoms with Crippen LogP contribution in [0, 0.1) is 0 Å². The van der Waals surface area contributed by atoms with Crippen LogP contribution in [0.3, 0.4) is 0 Å². The van der Waals surface area contributed by atoms with Crippen LogP contribution in [0.4, 0.5) is 5.95 Å². The number of rotatable bonds is 3. The lowest BCUT2D eigenvalue weighted by molar-refractivity contribution is 0.345. The zero-order chi connectivity index (χ0) is 12.7. The second kappa shape index (κ2) is 5.62. The van der Waals surface area contributed by atoms with E-state index in [2.05, 4.69) is 38.6 Å². The number of para-hydroxylation sites is 2. The lowest BCUT2D eigenvalue weighted by Crippen LogP contribution is -2.33. The van der Waals surface area contributed by atoms with Crippen molar-refractivity contribution in [2.75, 3.05) is 37.6 Å². The molecule has 5 heteroatoms. The summed E-state index contributed by atoms with van der Waals surface area (Å²) in [5, 5.41) is 0. The Labute approximate surface area is 125 Å². The first kappa shape index (κ1) is 13.7. The predicted octanol–water partition coefficient (Wildman–Crippen LogP) is 2.37. The van der Waals surface area contributed by atoms with Crippen LogP contribution in [0.2, 0.25) is 0 Å². The van der Waals surface area contributed by atoms with Gasteiger partial charge in [0.1, 0.15) is 0 Å². The fraction of sp³-hybridized carbons (Fsp3) is 0.533. The summed E-state index contributed by atoms with van der Waals surface area (Å²) < 4.78 is 2.36. The minimum atomic E-state index is 0. The third-order valence-corrected chi connectivity index (χ3v) is 4.40. The smallest absolute Gasteiger partial charge is 0.206 e. The molecule has 1 aromatic carbocycles. The van der Waals surface area contributed by atoms with Crippen molar-refractivity contribution in [2.24, 2.45) is 0 Å². The van der Waals surface area contributed by atoms with Crippen LogP contribution >= 0.6 is 12.4 Å². The Bertz CT molecular complexity index is 589. The first-order valence-electron chi connectivity index (χ1n) is 7.34. The number of benzene rings is 1. The third kappa shape index (κ3) is 2.27. The van der Waals surface area contributed by atoms with Gasteiger partial charge in [-0.2, -0.15) is 0 Å². The van der Waals surface area contributed by atoms with Gasteiger partial charge in [0.2, 0.25) is 5.95 Å². The standard InChI is InChI=1S/C15H20N4.ClH/c1-2-6-14-13(5-1)16-15-18(11-12-19(14)15)10-9-17-7-3-4-8-17;/h1-2,5-6H,3-4,7-12H2;1H. The summed E-state index contributed by atoms with van der Waals surface area (Å²) in [6.07, 6.45) is 2.75. The molecule has 2 aliphatic rings. The summed E-state index contributed by atoms with van der Waals surface area (Å²) in [6.45, 7) is 7.05. The average molecular weight is 293 g/mol. The Morgan fingerprint density at radius 1 is 0.950 bits per heavy atom. The average Bonchev–Trinajstić information content (AvgIpc) is 3.13. The lowest BCUT2D eigenvalue weighted by Gasteiger charge is -2.20. The summed E-state index contributed by atoms with van der Waals surface area (Å²) in [5.41, 5.74) is 2.41. The largest absolute Gasteiger partial charge is 0.339 e. The fourth-order valence-corrected chi connectivity index (χ4v) is 3.33. The van der Waals surface area contributed by atoms with Crippen LogP contribution in [0.25, 0.3) is 11.0 Å². The van der Waals surface area contributed by atoms with Gasteiger partial charge in [0.15, 0.2) is 0 Å². The Morgan fingerprint density at radius 3 is 2.60 bits per heavy atom. The van der Waals surface area contributed by atoms with Crippen molar-refractivity contribution in [2.45, 2.75) is 19.4 Å². The molecule has 108 valence electrons. The lowest BCUT2D eigenvalue weighted by atomic mass is 10.3. The van der Waals surface area contributed by atoms with E-state index in [9.17, 15) is 0 Å². The highest BCUT2D eigenvalue weighted by molar-refractivity contribution is 5.85. The van der Waals surface area contributed by atoms with Crippen molar-refractivity contribution >= 4 is 29.4 Å².